The number of rotatable bonds is 6. The third-order valence-electron chi connectivity index (χ3n) is 3.93. The second kappa shape index (κ2) is 9.65. The lowest BCUT2D eigenvalue weighted by atomic mass is 9.84. The summed E-state index contributed by atoms with van der Waals surface area (Å²) in [5.74, 6) is -0.489. The molecule has 1 N–H and O–H groups in total. The molecule has 0 saturated heterocycles. The van der Waals surface area contributed by atoms with E-state index in [1.165, 1.54) is 0 Å². The number of hydrogen-bond acceptors (Lipinski definition) is 4. The SMILES string of the molecule is CC(C)[C@@H](c1ccc(Cl)cc1Cl)[C@H](C)OC(=O)[C@H](C)NC(=O)OC(C)(C)C. The molecule has 0 radical (unpaired) electrons. The van der Waals surface area contributed by atoms with Crippen molar-refractivity contribution in [3.8, 4) is 0 Å². The molecule has 7 heteroatoms. The first kappa shape index (κ1) is 23.6. The van der Waals surface area contributed by atoms with E-state index in [-0.39, 0.29) is 11.8 Å². The Morgan fingerprint density at radius 3 is 2.15 bits per heavy atom. The average Bonchev–Trinajstić information content (AvgIpc) is 2.47. The van der Waals surface area contributed by atoms with Crippen molar-refractivity contribution < 1.29 is 19.1 Å². The minimum atomic E-state index is -0.837. The van der Waals surface area contributed by atoms with Crippen molar-refractivity contribution in [3.63, 3.8) is 0 Å². The van der Waals surface area contributed by atoms with Crippen molar-refractivity contribution in [2.45, 2.75) is 72.1 Å². The summed E-state index contributed by atoms with van der Waals surface area (Å²) in [4.78, 5) is 24.2. The zero-order valence-corrected chi connectivity index (χ0v) is 18.4. The first-order valence-corrected chi connectivity index (χ1v) is 9.72. The molecule has 27 heavy (non-hydrogen) atoms. The van der Waals surface area contributed by atoms with Gasteiger partial charge < -0.3 is 14.8 Å². The van der Waals surface area contributed by atoms with Gasteiger partial charge in [-0.05, 0) is 58.2 Å². The Kier molecular flexibility index (Phi) is 8.43. The van der Waals surface area contributed by atoms with Crippen LogP contribution in [-0.2, 0) is 14.3 Å². The van der Waals surface area contributed by atoms with E-state index in [0.29, 0.717) is 10.0 Å². The molecule has 0 fully saturated rings. The number of nitrogens with one attached hydrogen (secondary N) is 1. The van der Waals surface area contributed by atoms with Crippen LogP contribution in [0.2, 0.25) is 10.0 Å². The van der Waals surface area contributed by atoms with Crippen LogP contribution in [0.5, 0.6) is 0 Å². The van der Waals surface area contributed by atoms with Crippen LogP contribution in [0.15, 0.2) is 18.2 Å². The summed E-state index contributed by atoms with van der Waals surface area (Å²) in [5, 5.41) is 3.57. The van der Waals surface area contributed by atoms with Gasteiger partial charge in [-0.3, -0.25) is 0 Å². The standard InChI is InChI=1S/C20H29Cl2NO4/c1-11(2)17(15-9-8-14(21)10-16(15)22)13(4)26-18(24)12(3)23-19(25)27-20(5,6)7/h8-13,17H,1-7H3,(H,23,25)/t12-,13-,17+/m0/s1. The number of carbonyl (C=O) groups is 2. The van der Waals surface area contributed by atoms with Crippen molar-refractivity contribution in [3.05, 3.63) is 33.8 Å². The molecule has 1 aromatic rings. The maximum atomic E-state index is 12.4. The summed E-state index contributed by atoms with van der Waals surface area (Å²) in [6.07, 6.45) is -1.11. The molecule has 0 aromatic heterocycles. The van der Waals surface area contributed by atoms with Gasteiger partial charge in [0.2, 0.25) is 0 Å². The van der Waals surface area contributed by atoms with Gasteiger partial charge in [-0.15, -0.1) is 0 Å². The second-order valence-corrected chi connectivity index (χ2v) is 8.79. The molecule has 0 spiro atoms. The molecule has 0 heterocycles. The molecule has 0 aliphatic rings. The fourth-order valence-electron chi connectivity index (χ4n) is 2.83. The highest BCUT2D eigenvalue weighted by Gasteiger charge is 2.30. The quantitative estimate of drug-likeness (QED) is 0.613. The smallest absolute Gasteiger partial charge is 0.408 e. The van der Waals surface area contributed by atoms with E-state index in [0.717, 1.165) is 5.56 Å². The van der Waals surface area contributed by atoms with E-state index in [9.17, 15) is 9.59 Å². The fourth-order valence-corrected chi connectivity index (χ4v) is 3.36. The van der Waals surface area contributed by atoms with Crippen molar-refractivity contribution in [1.29, 1.82) is 0 Å². The van der Waals surface area contributed by atoms with Gasteiger partial charge in [-0.25, -0.2) is 9.59 Å². The van der Waals surface area contributed by atoms with Gasteiger partial charge in [0.15, 0.2) is 0 Å². The minimum Gasteiger partial charge on any atom is -0.460 e. The molecule has 1 rings (SSSR count). The molecule has 0 aliphatic carbocycles. The summed E-state index contributed by atoms with van der Waals surface area (Å²) < 4.78 is 10.8. The summed E-state index contributed by atoms with van der Waals surface area (Å²) in [6, 6.07) is 4.45. The van der Waals surface area contributed by atoms with Gasteiger partial charge in [0.1, 0.15) is 17.7 Å². The molecular formula is C20H29Cl2NO4. The zero-order valence-electron chi connectivity index (χ0n) is 16.9. The van der Waals surface area contributed by atoms with Crippen molar-refractivity contribution in [2.24, 2.45) is 5.92 Å². The van der Waals surface area contributed by atoms with Crippen LogP contribution < -0.4 is 5.32 Å². The lowest BCUT2D eigenvalue weighted by Crippen LogP contribution is -2.43. The van der Waals surface area contributed by atoms with Gasteiger partial charge in [0.25, 0.3) is 0 Å². The Morgan fingerprint density at radius 2 is 1.67 bits per heavy atom. The van der Waals surface area contributed by atoms with Crippen LogP contribution in [0.3, 0.4) is 0 Å². The van der Waals surface area contributed by atoms with Gasteiger partial charge in [0.05, 0.1) is 0 Å². The van der Waals surface area contributed by atoms with E-state index in [1.54, 1.807) is 39.8 Å². The van der Waals surface area contributed by atoms with E-state index in [2.05, 4.69) is 5.32 Å². The number of benzene rings is 1. The maximum absolute atomic E-state index is 12.4. The van der Waals surface area contributed by atoms with Gasteiger partial charge in [0, 0.05) is 16.0 Å². The topological polar surface area (TPSA) is 64.6 Å². The maximum Gasteiger partial charge on any atom is 0.408 e. The first-order valence-electron chi connectivity index (χ1n) is 8.96. The normalized spacial score (nSPS) is 15.0. The third kappa shape index (κ3) is 7.59. The Hall–Kier alpha value is -1.46. The highest BCUT2D eigenvalue weighted by atomic mass is 35.5. The zero-order chi connectivity index (χ0) is 20.9. The Morgan fingerprint density at radius 1 is 1.07 bits per heavy atom. The lowest BCUT2D eigenvalue weighted by molar-refractivity contribution is -0.152. The van der Waals surface area contributed by atoms with Crippen LogP contribution in [0.1, 0.15) is 59.9 Å². The number of alkyl carbamates (subject to hydrolysis) is 1. The summed E-state index contributed by atoms with van der Waals surface area (Å²) in [6.45, 7) is 12.7. The lowest BCUT2D eigenvalue weighted by Gasteiger charge is -2.29. The van der Waals surface area contributed by atoms with Crippen LogP contribution in [0.25, 0.3) is 0 Å². The van der Waals surface area contributed by atoms with E-state index in [4.69, 9.17) is 32.7 Å². The monoisotopic (exact) mass is 417 g/mol. The van der Waals surface area contributed by atoms with Crippen LogP contribution in [0, 0.1) is 5.92 Å². The second-order valence-electron chi connectivity index (χ2n) is 7.95. The van der Waals surface area contributed by atoms with Crippen LogP contribution in [-0.4, -0.2) is 29.8 Å². The predicted molar refractivity (Wildman–Crippen MR) is 108 cm³/mol. The Balaban J connectivity index is 2.82. The molecule has 152 valence electrons. The molecule has 5 nitrogen and oxygen atoms in total. The van der Waals surface area contributed by atoms with Crippen LogP contribution in [0.4, 0.5) is 4.79 Å². The summed E-state index contributed by atoms with van der Waals surface area (Å²) in [5.41, 5.74) is 0.221. The minimum absolute atomic E-state index is 0.118. The number of esters is 1. The Bertz CT molecular complexity index is 670. The number of amides is 1. The molecule has 0 aliphatic heterocycles. The van der Waals surface area contributed by atoms with Gasteiger partial charge in [-0.2, -0.15) is 0 Å². The number of halogens is 2. The Labute approximate surface area is 171 Å². The molecule has 0 saturated carbocycles. The molecule has 0 bridgehead atoms. The summed E-state index contributed by atoms with van der Waals surface area (Å²) >= 11 is 12.3. The van der Waals surface area contributed by atoms with Crippen molar-refractivity contribution in [2.75, 3.05) is 0 Å². The molecule has 0 unspecified atom stereocenters. The molecular weight excluding hydrogens is 389 g/mol. The van der Waals surface area contributed by atoms with E-state index in [1.807, 2.05) is 26.8 Å². The number of carbonyl (C=O) groups excluding carboxylic acids is 2. The first-order chi connectivity index (χ1) is 12.3. The third-order valence-corrected chi connectivity index (χ3v) is 4.50. The van der Waals surface area contributed by atoms with Crippen LogP contribution >= 0.6 is 23.2 Å². The molecule has 1 amide bonds. The van der Waals surface area contributed by atoms with Gasteiger partial charge in [-0.1, -0.05) is 43.1 Å². The van der Waals surface area contributed by atoms with E-state index < -0.39 is 29.8 Å². The van der Waals surface area contributed by atoms with Crippen molar-refractivity contribution >= 4 is 35.3 Å². The molecule has 1 aromatic carbocycles. The predicted octanol–water partition coefficient (Wildman–Crippen LogP) is 5.58. The summed E-state index contributed by atoms with van der Waals surface area (Å²) in [7, 11) is 0. The molecule has 3 atom stereocenters. The highest BCUT2D eigenvalue weighted by molar-refractivity contribution is 6.35. The average molecular weight is 418 g/mol. The number of hydrogen-bond donors (Lipinski definition) is 1. The number of ether oxygens (including phenoxy) is 2. The largest absolute Gasteiger partial charge is 0.460 e. The highest BCUT2D eigenvalue weighted by Crippen LogP contribution is 2.35. The fraction of sp³-hybridized carbons (Fsp3) is 0.600. The van der Waals surface area contributed by atoms with Gasteiger partial charge >= 0.3 is 12.1 Å². The van der Waals surface area contributed by atoms with E-state index >= 15 is 0 Å². The van der Waals surface area contributed by atoms with Crippen molar-refractivity contribution in [1.82, 2.24) is 5.32 Å².